The normalized spacial score (nSPS) is 13.1. The van der Waals surface area contributed by atoms with Crippen LogP contribution in [0.3, 0.4) is 0 Å². The smallest absolute Gasteiger partial charge is 0.125 e. The van der Waals surface area contributed by atoms with Gasteiger partial charge in [0.15, 0.2) is 0 Å². The van der Waals surface area contributed by atoms with Gasteiger partial charge in [-0.05, 0) is 26.0 Å². The number of aromatic nitrogens is 2. The maximum absolute atomic E-state index is 13.3. The Morgan fingerprint density at radius 1 is 1.47 bits per heavy atom. The summed E-state index contributed by atoms with van der Waals surface area (Å²) in [4.78, 5) is 4.48. The zero-order chi connectivity index (χ0) is 13.8. The van der Waals surface area contributed by atoms with E-state index in [-0.39, 0.29) is 11.9 Å². The van der Waals surface area contributed by atoms with Crippen LogP contribution in [0.25, 0.3) is 11.0 Å². The molecule has 2 aromatic rings. The van der Waals surface area contributed by atoms with Gasteiger partial charge in [0, 0.05) is 25.0 Å². The molecule has 1 aromatic carbocycles. The molecule has 0 amide bonds. The predicted molar refractivity (Wildman–Crippen MR) is 75.3 cm³/mol. The van der Waals surface area contributed by atoms with Crippen molar-refractivity contribution in [2.24, 2.45) is 0 Å². The zero-order valence-corrected chi connectivity index (χ0v) is 12.0. The fourth-order valence-corrected chi connectivity index (χ4v) is 2.41. The van der Waals surface area contributed by atoms with Gasteiger partial charge in [0.1, 0.15) is 11.6 Å². The fourth-order valence-electron chi connectivity index (χ4n) is 2.24. The summed E-state index contributed by atoms with van der Waals surface area (Å²) in [5.41, 5.74) is 1.59. The Bertz CT molecular complexity index is 556. The third-order valence-corrected chi connectivity index (χ3v) is 3.24. The third-order valence-electron chi connectivity index (χ3n) is 3.05. The second-order valence-corrected chi connectivity index (χ2v) is 4.86. The van der Waals surface area contributed by atoms with Crippen molar-refractivity contribution >= 4 is 22.6 Å². The van der Waals surface area contributed by atoms with E-state index in [0.717, 1.165) is 11.3 Å². The van der Waals surface area contributed by atoms with Gasteiger partial charge < -0.3 is 9.30 Å². The largest absolute Gasteiger partial charge is 0.380 e. The molecule has 0 saturated heterocycles. The third kappa shape index (κ3) is 3.07. The van der Waals surface area contributed by atoms with Gasteiger partial charge in [-0.25, -0.2) is 9.37 Å². The van der Waals surface area contributed by atoms with Crippen molar-refractivity contribution in [2.75, 3.05) is 19.1 Å². The number of imidazole rings is 1. The summed E-state index contributed by atoms with van der Waals surface area (Å²) in [7, 11) is 0. The second kappa shape index (κ2) is 6.35. The van der Waals surface area contributed by atoms with Crippen molar-refractivity contribution in [3.05, 3.63) is 29.8 Å². The van der Waals surface area contributed by atoms with Crippen LogP contribution in [0.5, 0.6) is 0 Å². The van der Waals surface area contributed by atoms with E-state index < -0.39 is 0 Å². The molecular weight excluding hydrogens is 267 g/mol. The molecule has 0 radical (unpaired) electrons. The van der Waals surface area contributed by atoms with Gasteiger partial charge in [-0.3, -0.25) is 0 Å². The minimum atomic E-state index is -0.271. The van der Waals surface area contributed by atoms with Crippen LogP contribution >= 0.6 is 11.6 Å². The van der Waals surface area contributed by atoms with Crippen LogP contribution in [0.2, 0.25) is 0 Å². The number of nitrogens with zero attached hydrogens (tertiary/aromatic N) is 2. The lowest BCUT2D eigenvalue weighted by molar-refractivity contribution is 0.119. The van der Waals surface area contributed by atoms with Crippen LogP contribution in [-0.4, -0.2) is 28.6 Å². The zero-order valence-electron chi connectivity index (χ0n) is 11.2. The van der Waals surface area contributed by atoms with Crippen LogP contribution in [0.4, 0.5) is 4.39 Å². The molecule has 1 aromatic heterocycles. The van der Waals surface area contributed by atoms with Crippen molar-refractivity contribution in [1.82, 2.24) is 9.55 Å². The first-order valence-electron chi connectivity index (χ1n) is 6.47. The average molecular weight is 285 g/mol. The number of rotatable bonds is 6. The van der Waals surface area contributed by atoms with E-state index in [1.807, 2.05) is 6.92 Å². The number of hydrogen-bond acceptors (Lipinski definition) is 2. The molecule has 1 heterocycles. The maximum atomic E-state index is 13.3. The lowest BCUT2D eigenvalue weighted by Gasteiger charge is -2.17. The van der Waals surface area contributed by atoms with E-state index in [1.54, 1.807) is 6.07 Å². The number of benzene rings is 1. The molecule has 0 N–H and O–H groups in total. The van der Waals surface area contributed by atoms with E-state index in [4.69, 9.17) is 16.3 Å². The van der Waals surface area contributed by atoms with Gasteiger partial charge >= 0.3 is 0 Å². The molecule has 1 unspecified atom stereocenters. The first-order chi connectivity index (χ1) is 9.17. The number of ether oxygens (including phenoxy) is 1. The molecule has 2 rings (SSSR count). The molecule has 0 aliphatic rings. The highest BCUT2D eigenvalue weighted by Crippen LogP contribution is 2.23. The Morgan fingerprint density at radius 3 is 2.95 bits per heavy atom. The molecule has 0 bridgehead atoms. The Balaban J connectivity index is 2.45. The van der Waals surface area contributed by atoms with Crippen LogP contribution in [0.1, 0.15) is 25.7 Å². The first-order valence-corrected chi connectivity index (χ1v) is 7.01. The van der Waals surface area contributed by atoms with Crippen molar-refractivity contribution < 1.29 is 9.13 Å². The Morgan fingerprint density at radius 2 is 2.26 bits per heavy atom. The van der Waals surface area contributed by atoms with Gasteiger partial charge in [-0.15, -0.1) is 11.6 Å². The summed E-state index contributed by atoms with van der Waals surface area (Å²) < 4.78 is 20.8. The SMILES string of the molecule is CCOCC(C)n1c(CCCl)nc2cc(F)ccc21. The topological polar surface area (TPSA) is 27.1 Å². The minimum absolute atomic E-state index is 0.147. The van der Waals surface area contributed by atoms with Gasteiger partial charge in [-0.1, -0.05) is 0 Å². The van der Waals surface area contributed by atoms with Crippen LogP contribution in [0, 0.1) is 5.82 Å². The molecular formula is C14H18ClFN2O. The molecule has 0 spiro atoms. The van der Waals surface area contributed by atoms with Crippen molar-refractivity contribution in [2.45, 2.75) is 26.3 Å². The Labute approximate surface area is 117 Å². The van der Waals surface area contributed by atoms with Crippen LogP contribution < -0.4 is 0 Å². The lowest BCUT2D eigenvalue weighted by Crippen LogP contribution is -2.15. The summed E-state index contributed by atoms with van der Waals surface area (Å²) in [6.45, 7) is 5.32. The molecule has 1 atom stereocenters. The van der Waals surface area contributed by atoms with Crippen molar-refractivity contribution in [1.29, 1.82) is 0 Å². The number of halogens is 2. The van der Waals surface area contributed by atoms with Gasteiger partial charge in [-0.2, -0.15) is 0 Å². The number of alkyl halides is 1. The minimum Gasteiger partial charge on any atom is -0.380 e. The predicted octanol–water partition coefficient (Wildman–Crippen LogP) is 3.55. The molecule has 0 fully saturated rings. The number of aryl methyl sites for hydroxylation is 1. The number of hydrogen-bond donors (Lipinski definition) is 0. The first kappa shape index (κ1) is 14.3. The quantitative estimate of drug-likeness (QED) is 0.759. The van der Waals surface area contributed by atoms with E-state index >= 15 is 0 Å². The fraction of sp³-hybridized carbons (Fsp3) is 0.500. The van der Waals surface area contributed by atoms with E-state index in [2.05, 4.69) is 16.5 Å². The van der Waals surface area contributed by atoms with E-state index in [1.165, 1.54) is 12.1 Å². The summed E-state index contributed by atoms with van der Waals surface area (Å²) >= 11 is 5.82. The Kier molecular flexibility index (Phi) is 4.77. The van der Waals surface area contributed by atoms with Gasteiger partial charge in [0.25, 0.3) is 0 Å². The van der Waals surface area contributed by atoms with Gasteiger partial charge in [0.05, 0.1) is 23.7 Å². The van der Waals surface area contributed by atoms with Crippen molar-refractivity contribution in [3.63, 3.8) is 0 Å². The molecule has 104 valence electrons. The molecule has 0 aliphatic carbocycles. The number of fused-ring (bicyclic) bond motifs is 1. The second-order valence-electron chi connectivity index (χ2n) is 4.48. The average Bonchev–Trinajstić information content (AvgIpc) is 2.73. The molecule has 0 saturated carbocycles. The van der Waals surface area contributed by atoms with E-state index in [0.29, 0.717) is 31.0 Å². The standard InChI is InChI=1S/C14H18ClFN2O/c1-3-19-9-10(2)18-13-5-4-11(16)8-12(13)17-14(18)6-7-15/h4-5,8,10H,3,6-7,9H2,1-2H3. The Hall–Kier alpha value is -1.13. The summed E-state index contributed by atoms with van der Waals surface area (Å²) in [5, 5.41) is 0. The van der Waals surface area contributed by atoms with Crippen LogP contribution in [0.15, 0.2) is 18.2 Å². The highest BCUT2D eigenvalue weighted by molar-refractivity contribution is 6.17. The van der Waals surface area contributed by atoms with E-state index in [9.17, 15) is 4.39 Å². The van der Waals surface area contributed by atoms with Crippen LogP contribution in [-0.2, 0) is 11.2 Å². The monoisotopic (exact) mass is 284 g/mol. The lowest BCUT2D eigenvalue weighted by atomic mass is 10.2. The molecule has 3 nitrogen and oxygen atoms in total. The molecule has 19 heavy (non-hydrogen) atoms. The maximum Gasteiger partial charge on any atom is 0.125 e. The highest BCUT2D eigenvalue weighted by atomic mass is 35.5. The summed E-state index contributed by atoms with van der Waals surface area (Å²) in [6, 6.07) is 4.82. The molecule has 5 heteroatoms. The summed E-state index contributed by atoms with van der Waals surface area (Å²) in [6.07, 6.45) is 0.661. The highest BCUT2D eigenvalue weighted by Gasteiger charge is 2.16. The molecule has 0 aliphatic heterocycles. The van der Waals surface area contributed by atoms with Crippen molar-refractivity contribution in [3.8, 4) is 0 Å². The summed E-state index contributed by atoms with van der Waals surface area (Å²) in [5.74, 6) is 1.10. The van der Waals surface area contributed by atoms with Gasteiger partial charge in [0.2, 0.25) is 0 Å².